The Bertz CT molecular complexity index is 960. The molecule has 5 nitrogen and oxygen atoms in total. The molecule has 2 heterocycles. The maximum Gasteiger partial charge on any atom is 0.230 e. The molecule has 0 aliphatic heterocycles. The molecule has 0 atom stereocenters. The Kier molecular flexibility index (Phi) is 4.79. The van der Waals surface area contributed by atoms with Crippen LogP contribution in [0.15, 0.2) is 52.1 Å². The molecule has 0 saturated carbocycles. The first-order chi connectivity index (χ1) is 11.4. The number of anilines is 1. The molecule has 1 aromatic carbocycles. The Morgan fingerprint density at radius 1 is 1.21 bits per heavy atom. The number of hydrogen-bond acceptors (Lipinski definition) is 6. The molecule has 0 aliphatic carbocycles. The van der Waals surface area contributed by atoms with Crippen molar-refractivity contribution in [1.82, 2.24) is 4.98 Å². The van der Waals surface area contributed by atoms with Gasteiger partial charge in [-0.25, -0.2) is 13.4 Å². The number of carbonyl (C=O) groups is 1. The zero-order chi connectivity index (χ0) is 17.2. The third-order valence-corrected chi connectivity index (χ3v) is 6.21. The zero-order valence-electron chi connectivity index (χ0n) is 12.7. The molecule has 0 saturated heterocycles. The second kappa shape index (κ2) is 6.84. The summed E-state index contributed by atoms with van der Waals surface area (Å²) < 4.78 is 23.1. The molecule has 3 aromatic rings. The van der Waals surface area contributed by atoms with E-state index in [-0.39, 0.29) is 17.2 Å². The summed E-state index contributed by atoms with van der Waals surface area (Å²) >= 11 is 3.11. The van der Waals surface area contributed by atoms with Gasteiger partial charge >= 0.3 is 0 Å². The van der Waals surface area contributed by atoms with E-state index in [1.54, 1.807) is 23.5 Å². The molecule has 24 heavy (non-hydrogen) atoms. The van der Waals surface area contributed by atoms with E-state index < -0.39 is 9.84 Å². The van der Waals surface area contributed by atoms with Crippen molar-refractivity contribution in [2.24, 2.45) is 0 Å². The number of nitrogens with zero attached hydrogens (tertiary/aromatic N) is 1. The molecular weight excluding hydrogens is 364 g/mol. The Morgan fingerprint density at radius 3 is 2.75 bits per heavy atom. The number of aromatic nitrogens is 1. The van der Waals surface area contributed by atoms with Gasteiger partial charge < -0.3 is 5.32 Å². The molecule has 0 aliphatic rings. The third-order valence-electron chi connectivity index (χ3n) is 3.17. The standard InChI is InChI=1S/C16H14N2O3S3/c1-24(20,21)13-5-2-4-11(8-13)17-15(19)9-12-10-23-16(18-12)14-6-3-7-22-14/h2-8,10H,9H2,1H3,(H,17,19). The fourth-order valence-corrected chi connectivity index (χ4v) is 4.38. The quantitative estimate of drug-likeness (QED) is 0.738. The Labute approximate surface area is 147 Å². The highest BCUT2D eigenvalue weighted by molar-refractivity contribution is 7.90. The monoisotopic (exact) mass is 378 g/mol. The molecule has 1 N–H and O–H groups in total. The number of nitrogens with one attached hydrogen (secondary N) is 1. The van der Waals surface area contributed by atoms with Gasteiger partial charge in [0.25, 0.3) is 0 Å². The van der Waals surface area contributed by atoms with Crippen LogP contribution in [-0.4, -0.2) is 25.6 Å². The molecule has 8 heteroatoms. The Hall–Kier alpha value is -2.03. The summed E-state index contributed by atoms with van der Waals surface area (Å²) in [5, 5.41) is 7.45. The van der Waals surface area contributed by atoms with Crippen LogP contribution < -0.4 is 5.32 Å². The van der Waals surface area contributed by atoms with Crippen LogP contribution in [0.25, 0.3) is 9.88 Å². The number of amides is 1. The molecule has 2 aromatic heterocycles. The lowest BCUT2D eigenvalue weighted by atomic mass is 10.3. The van der Waals surface area contributed by atoms with Crippen LogP contribution in [-0.2, 0) is 21.1 Å². The van der Waals surface area contributed by atoms with Crippen molar-refractivity contribution < 1.29 is 13.2 Å². The number of rotatable bonds is 5. The topological polar surface area (TPSA) is 76.1 Å². The number of hydrogen-bond donors (Lipinski definition) is 1. The van der Waals surface area contributed by atoms with Crippen molar-refractivity contribution in [2.45, 2.75) is 11.3 Å². The number of sulfone groups is 1. The van der Waals surface area contributed by atoms with Crippen molar-refractivity contribution >= 4 is 44.1 Å². The van der Waals surface area contributed by atoms with Crippen molar-refractivity contribution in [3.8, 4) is 9.88 Å². The van der Waals surface area contributed by atoms with E-state index in [2.05, 4.69) is 10.3 Å². The molecule has 124 valence electrons. The second-order valence-corrected chi connectivity index (χ2v) is 8.97. The predicted molar refractivity (Wildman–Crippen MR) is 97.3 cm³/mol. The Morgan fingerprint density at radius 2 is 2.04 bits per heavy atom. The summed E-state index contributed by atoms with van der Waals surface area (Å²) in [5.74, 6) is -0.233. The number of thiophene rings is 1. The van der Waals surface area contributed by atoms with Crippen LogP contribution in [0.2, 0.25) is 0 Å². The molecule has 0 fully saturated rings. The van der Waals surface area contributed by atoms with Gasteiger partial charge in [-0.15, -0.1) is 22.7 Å². The highest BCUT2D eigenvalue weighted by Crippen LogP contribution is 2.28. The van der Waals surface area contributed by atoms with Gasteiger partial charge in [0.05, 0.1) is 21.9 Å². The smallest absolute Gasteiger partial charge is 0.230 e. The first-order valence-corrected chi connectivity index (χ1v) is 10.6. The van der Waals surface area contributed by atoms with Crippen LogP contribution in [0, 0.1) is 0 Å². The normalized spacial score (nSPS) is 11.4. The summed E-state index contributed by atoms with van der Waals surface area (Å²) in [5.41, 5.74) is 1.15. The fraction of sp³-hybridized carbons (Fsp3) is 0.125. The first kappa shape index (κ1) is 16.8. The van der Waals surface area contributed by atoms with E-state index in [1.807, 2.05) is 22.9 Å². The molecule has 0 bridgehead atoms. The Balaban J connectivity index is 1.68. The maximum absolute atomic E-state index is 12.1. The van der Waals surface area contributed by atoms with Crippen LogP contribution in [0.5, 0.6) is 0 Å². The van der Waals surface area contributed by atoms with E-state index >= 15 is 0 Å². The van der Waals surface area contributed by atoms with Gasteiger partial charge in [0.2, 0.25) is 5.91 Å². The summed E-state index contributed by atoms with van der Waals surface area (Å²) in [6.45, 7) is 0. The van der Waals surface area contributed by atoms with Gasteiger partial charge in [-0.1, -0.05) is 12.1 Å². The summed E-state index contributed by atoms with van der Waals surface area (Å²) in [6, 6.07) is 10.2. The van der Waals surface area contributed by atoms with Crippen LogP contribution in [0.1, 0.15) is 5.69 Å². The average molecular weight is 379 g/mol. The van der Waals surface area contributed by atoms with E-state index in [1.165, 1.54) is 23.5 Å². The first-order valence-electron chi connectivity index (χ1n) is 7.00. The zero-order valence-corrected chi connectivity index (χ0v) is 15.2. The minimum atomic E-state index is -3.30. The molecule has 0 radical (unpaired) electrons. The molecular formula is C16H14N2O3S3. The van der Waals surface area contributed by atoms with E-state index in [4.69, 9.17) is 0 Å². The van der Waals surface area contributed by atoms with E-state index in [0.717, 1.165) is 16.1 Å². The number of benzene rings is 1. The van der Waals surface area contributed by atoms with Gasteiger partial charge in [0, 0.05) is 17.3 Å². The lowest BCUT2D eigenvalue weighted by Gasteiger charge is -2.06. The summed E-state index contributed by atoms with van der Waals surface area (Å²) in [6.07, 6.45) is 1.28. The molecule has 3 rings (SSSR count). The van der Waals surface area contributed by atoms with Gasteiger partial charge in [-0.05, 0) is 29.6 Å². The lowest BCUT2D eigenvalue weighted by molar-refractivity contribution is -0.115. The van der Waals surface area contributed by atoms with Crippen molar-refractivity contribution in [2.75, 3.05) is 11.6 Å². The van der Waals surface area contributed by atoms with Crippen molar-refractivity contribution in [1.29, 1.82) is 0 Å². The molecule has 0 unspecified atom stereocenters. The largest absolute Gasteiger partial charge is 0.326 e. The minimum Gasteiger partial charge on any atom is -0.326 e. The third kappa shape index (κ3) is 4.08. The van der Waals surface area contributed by atoms with E-state index in [0.29, 0.717) is 11.4 Å². The van der Waals surface area contributed by atoms with Gasteiger partial charge in [-0.3, -0.25) is 4.79 Å². The SMILES string of the molecule is CS(=O)(=O)c1cccc(NC(=O)Cc2csc(-c3cccs3)n2)c1. The lowest BCUT2D eigenvalue weighted by Crippen LogP contribution is -2.14. The van der Waals surface area contributed by atoms with Crippen LogP contribution >= 0.6 is 22.7 Å². The minimum absolute atomic E-state index is 0.144. The van der Waals surface area contributed by atoms with Gasteiger partial charge in [-0.2, -0.15) is 0 Å². The summed E-state index contributed by atoms with van der Waals surface area (Å²) in [7, 11) is -3.30. The summed E-state index contributed by atoms with van der Waals surface area (Å²) in [4.78, 5) is 17.9. The maximum atomic E-state index is 12.1. The second-order valence-electron chi connectivity index (χ2n) is 5.15. The van der Waals surface area contributed by atoms with E-state index in [9.17, 15) is 13.2 Å². The predicted octanol–water partition coefficient (Wildman–Crippen LogP) is 3.46. The fourth-order valence-electron chi connectivity index (χ4n) is 2.08. The average Bonchev–Trinajstić information content (AvgIpc) is 3.17. The highest BCUT2D eigenvalue weighted by atomic mass is 32.2. The number of thiazole rings is 1. The van der Waals surface area contributed by atoms with Crippen LogP contribution in [0.4, 0.5) is 5.69 Å². The molecule has 1 amide bonds. The van der Waals surface area contributed by atoms with Crippen LogP contribution in [0.3, 0.4) is 0 Å². The van der Waals surface area contributed by atoms with Gasteiger partial charge in [0.1, 0.15) is 5.01 Å². The van der Waals surface area contributed by atoms with Crippen molar-refractivity contribution in [3.63, 3.8) is 0 Å². The number of carbonyl (C=O) groups excluding carboxylic acids is 1. The highest BCUT2D eigenvalue weighted by Gasteiger charge is 2.12. The van der Waals surface area contributed by atoms with Crippen molar-refractivity contribution in [3.05, 3.63) is 52.9 Å². The molecule has 0 spiro atoms. The van der Waals surface area contributed by atoms with Gasteiger partial charge in [0.15, 0.2) is 9.84 Å².